The Balaban J connectivity index is 1.68. The number of rotatable bonds is 7. The highest BCUT2D eigenvalue weighted by Gasteiger charge is 2.26. The van der Waals surface area contributed by atoms with Gasteiger partial charge in [-0.1, -0.05) is 19.6 Å². The maximum Gasteiger partial charge on any atom is 0.261 e. The summed E-state index contributed by atoms with van der Waals surface area (Å²) >= 11 is 0. The Kier molecular flexibility index (Phi) is 6.01. The molecule has 0 radical (unpaired) electrons. The van der Waals surface area contributed by atoms with Crippen LogP contribution in [0, 0.1) is 5.92 Å². The van der Waals surface area contributed by atoms with Crippen molar-refractivity contribution in [2.75, 3.05) is 6.61 Å². The van der Waals surface area contributed by atoms with Crippen molar-refractivity contribution in [3.63, 3.8) is 0 Å². The number of pyridine rings is 1. The first-order chi connectivity index (χ1) is 12.7. The van der Waals surface area contributed by atoms with E-state index >= 15 is 0 Å². The number of nitrogens with zero attached hydrogens (tertiary/aromatic N) is 3. The topological polar surface area (TPSA) is 66.1 Å². The predicted molar refractivity (Wildman–Crippen MR) is 110 cm³/mol. The van der Waals surface area contributed by atoms with Gasteiger partial charge >= 0.3 is 0 Å². The van der Waals surface area contributed by atoms with E-state index in [4.69, 9.17) is 4.74 Å². The van der Waals surface area contributed by atoms with Crippen molar-refractivity contribution in [3.05, 3.63) is 28.8 Å². The monoisotopic (exact) mass is 389 g/mol. The zero-order valence-electron chi connectivity index (χ0n) is 16.9. The van der Waals surface area contributed by atoms with E-state index in [0.29, 0.717) is 17.6 Å². The summed E-state index contributed by atoms with van der Waals surface area (Å²) in [6.07, 6.45) is 7.15. The SMILES string of the molecule is CC(=O)C1CCC(n2ccc3nn(COCC[Si](C)(C)C)cc3c2=O)CC1. The van der Waals surface area contributed by atoms with Gasteiger partial charge < -0.3 is 9.30 Å². The Morgan fingerprint density at radius 2 is 1.96 bits per heavy atom. The molecule has 0 bridgehead atoms. The first-order valence-electron chi connectivity index (χ1n) is 9.91. The zero-order chi connectivity index (χ0) is 19.6. The third-order valence-electron chi connectivity index (χ3n) is 5.53. The Hall–Kier alpha value is -1.73. The molecule has 1 aliphatic carbocycles. The number of ketones is 1. The molecule has 2 aromatic heterocycles. The fourth-order valence-corrected chi connectivity index (χ4v) is 4.49. The van der Waals surface area contributed by atoms with E-state index in [0.717, 1.165) is 38.3 Å². The molecular weight excluding hydrogens is 358 g/mol. The van der Waals surface area contributed by atoms with Crippen LogP contribution in [0.15, 0.2) is 23.3 Å². The van der Waals surface area contributed by atoms with Gasteiger partial charge in [-0.25, -0.2) is 4.68 Å². The molecule has 1 aliphatic rings. The minimum Gasteiger partial charge on any atom is -0.360 e. The largest absolute Gasteiger partial charge is 0.360 e. The van der Waals surface area contributed by atoms with Gasteiger partial charge in [0.05, 0.1) is 10.9 Å². The Labute approximate surface area is 161 Å². The van der Waals surface area contributed by atoms with Crippen molar-refractivity contribution < 1.29 is 9.53 Å². The fraction of sp³-hybridized carbons (Fsp3) is 0.650. The van der Waals surface area contributed by atoms with Crippen LogP contribution in [0.25, 0.3) is 10.9 Å². The predicted octanol–water partition coefficient (Wildman–Crippen LogP) is 3.83. The second-order valence-electron chi connectivity index (χ2n) is 8.96. The third-order valence-corrected chi connectivity index (χ3v) is 7.24. The molecule has 148 valence electrons. The lowest BCUT2D eigenvalue weighted by Gasteiger charge is -2.28. The quantitative estimate of drug-likeness (QED) is 0.533. The van der Waals surface area contributed by atoms with Crippen LogP contribution < -0.4 is 5.56 Å². The number of Topliss-reactive ketones (excluding diaryl/α,β-unsaturated/α-hetero) is 1. The van der Waals surface area contributed by atoms with E-state index in [1.54, 1.807) is 17.8 Å². The van der Waals surface area contributed by atoms with Crippen molar-refractivity contribution in [2.45, 2.75) is 71.1 Å². The van der Waals surface area contributed by atoms with E-state index in [9.17, 15) is 9.59 Å². The zero-order valence-corrected chi connectivity index (χ0v) is 17.9. The molecule has 0 atom stereocenters. The van der Waals surface area contributed by atoms with Gasteiger partial charge in [-0.3, -0.25) is 9.59 Å². The average Bonchev–Trinajstić information content (AvgIpc) is 3.02. The van der Waals surface area contributed by atoms with Crippen molar-refractivity contribution in [1.29, 1.82) is 0 Å². The van der Waals surface area contributed by atoms with E-state index in [2.05, 4.69) is 24.7 Å². The molecule has 0 spiro atoms. The lowest BCUT2D eigenvalue weighted by atomic mass is 9.84. The standard InChI is InChI=1S/C20H31N3O3Si/c1-15(24)16-5-7-17(8-6-16)23-10-9-19-18(20(23)25)13-22(21-19)14-26-11-12-27(2,3)4/h9-10,13,16-17H,5-8,11-12,14H2,1-4H3. The second-order valence-corrected chi connectivity index (χ2v) is 14.6. The van der Waals surface area contributed by atoms with Gasteiger partial charge in [0.15, 0.2) is 0 Å². The summed E-state index contributed by atoms with van der Waals surface area (Å²) in [5.41, 5.74) is 0.717. The lowest BCUT2D eigenvalue weighted by Crippen LogP contribution is -2.28. The van der Waals surface area contributed by atoms with Crippen LogP contribution in [0.5, 0.6) is 0 Å². The smallest absolute Gasteiger partial charge is 0.261 e. The molecule has 1 fully saturated rings. The van der Waals surface area contributed by atoms with Crippen molar-refractivity contribution in [1.82, 2.24) is 14.3 Å². The minimum atomic E-state index is -1.10. The lowest BCUT2D eigenvalue weighted by molar-refractivity contribution is -0.121. The molecule has 1 saturated carbocycles. The van der Waals surface area contributed by atoms with Crippen molar-refractivity contribution >= 4 is 24.8 Å². The van der Waals surface area contributed by atoms with Gasteiger partial charge in [-0.2, -0.15) is 5.10 Å². The molecule has 2 aromatic rings. The summed E-state index contributed by atoms with van der Waals surface area (Å²) < 4.78 is 9.29. The fourth-order valence-electron chi connectivity index (χ4n) is 3.73. The van der Waals surface area contributed by atoms with Crippen LogP contribution in [-0.2, 0) is 16.3 Å². The number of carbonyl (C=O) groups is 1. The van der Waals surface area contributed by atoms with E-state index in [1.807, 2.05) is 16.8 Å². The van der Waals surface area contributed by atoms with Crippen LogP contribution in [0.1, 0.15) is 38.6 Å². The van der Waals surface area contributed by atoms with Crippen LogP contribution in [0.2, 0.25) is 25.7 Å². The van der Waals surface area contributed by atoms with Gasteiger partial charge in [-0.05, 0) is 44.7 Å². The highest BCUT2D eigenvalue weighted by atomic mass is 28.3. The highest BCUT2D eigenvalue weighted by molar-refractivity contribution is 6.76. The van der Waals surface area contributed by atoms with Gasteiger partial charge in [-0.15, -0.1) is 0 Å². The number of fused-ring (bicyclic) bond motifs is 1. The molecule has 2 heterocycles. The van der Waals surface area contributed by atoms with E-state index in [1.165, 1.54) is 0 Å². The molecule has 6 nitrogen and oxygen atoms in total. The summed E-state index contributed by atoms with van der Waals surface area (Å²) in [6, 6.07) is 3.20. The number of carbonyl (C=O) groups excluding carboxylic acids is 1. The molecule has 0 saturated heterocycles. The molecule has 0 N–H and O–H groups in total. The van der Waals surface area contributed by atoms with Crippen LogP contribution in [0.4, 0.5) is 0 Å². The number of hydrogen-bond donors (Lipinski definition) is 0. The summed E-state index contributed by atoms with van der Waals surface area (Å²) in [7, 11) is -1.10. The van der Waals surface area contributed by atoms with Gasteiger partial charge in [0.2, 0.25) is 0 Å². The summed E-state index contributed by atoms with van der Waals surface area (Å²) in [6.45, 7) is 9.75. The van der Waals surface area contributed by atoms with Crippen LogP contribution in [-0.4, -0.2) is 34.8 Å². The van der Waals surface area contributed by atoms with Crippen molar-refractivity contribution in [2.24, 2.45) is 5.92 Å². The van der Waals surface area contributed by atoms with Gasteiger partial charge in [0.25, 0.3) is 5.56 Å². The molecule has 0 aliphatic heterocycles. The Morgan fingerprint density at radius 1 is 1.26 bits per heavy atom. The normalized spacial score (nSPS) is 20.9. The molecular formula is C20H31N3O3Si. The van der Waals surface area contributed by atoms with Crippen LogP contribution >= 0.6 is 0 Å². The molecule has 27 heavy (non-hydrogen) atoms. The Morgan fingerprint density at radius 3 is 2.59 bits per heavy atom. The maximum absolute atomic E-state index is 12.9. The van der Waals surface area contributed by atoms with E-state index in [-0.39, 0.29) is 23.3 Å². The number of hydrogen-bond acceptors (Lipinski definition) is 4. The van der Waals surface area contributed by atoms with Gasteiger partial charge in [0.1, 0.15) is 12.5 Å². The van der Waals surface area contributed by atoms with Crippen molar-refractivity contribution in [3.8, 4) is 0 Å². The molecule has 7 heteroatoms. The van der Waals surface area contributed by atoms with Crippen LogP contribution in [0.3, 0.4) is 0 Å². The molecule has 0 amide bonds. The highest BCUT2D eigenvalue weighted by Crippen LogP contribution is 2.32. The number of ether oxygens (including phenoxy) is 1. The summed E-state index contributed by atoms with van der Waals surface area (Å²) in [4.78, 5) is 24.5. The molecule has 0 aromatic carbocycles. The molecule has 3 rings (SSSR count). The summed E-state index contributed by atoms with van der Waals surface area (Å²) in [5.74, 6) is 0.434. The van der Waals surface area contributed by atoms with Gasteiger partial charge in [0, 0.05) is 39.0 Å². The first kappa shape index (κ1) is 20.0. The number of aromatic nitrogens is 3. The summed E-state index contributed by atoms with van der Waals surface area (Å²) in [5, 5.41) is 5.11. The second kappa shape index (κ2) is 8.10. The first-order valence-corrected chi connectivity index (χ1v) is 13.6. The molecule has 0 unspecified atom stereocenters. The maximum atomic E-state index is 12.9. The average molecular weight is 390 g/mol. The minimum absolute atomic E-state index is 0.00660. The third kappa shape index (κ3) is 4.96. The Bertz CT molecular complexity index is 857. The van der Waals surface area contributed by atoms with E-state index < -0.39 is 8.07 Å².